The van der Waals surface area contributed by atoms with Crippen molar-refractivity contribution in [3.63, 3.8) is 0 Å². The molecule has 0 fully saturated rings. The molecule has 2 rings (SSSR count). The Morgan fingerprint density at radius 3 is 2.13 bits per heavy atom. The van der Waals surface area contributed by atoms with Crippen LogP contribution in [0.4, 0.5) is 0 Å². The summed E-state index contributed by atoms with van der Waals surface area (Å²) in [5.74, 6) is 0. The van der Waals surface area contributed by atoms with Crippen molar-refractivity contribution in [2.45, 2.75) is 41.5 Å². The Bertz CT molecular complexity index is 393. The molecular formula is C12H20N2S. The Kier molecular flexibility index (Phi) is 6.88. The molecule has 0 aliphatic rings. The Morgan fingerprint density at radius 1 is 1.00 bits per heavy atom. The predicted octanol–water partition coefficient (Wildman–Crippen LogP) is 4.36. The fraction of sp³-hybridized carbons (Fsp3) is 0.500. The summed E-state index contributed by atoms with van der Waals surface area (Å²) in [7, 11) is 0. The van der Waals surface area contributed by atoms with Gasteiger partial charge in [0.15, 0.2) is 0 Å². The van der Waals surface area contributed by atoms with Gasteiger partial charge in [-0.1, -0.05) is 27.7 Å². The van der Waals surface area contributed by atoms with Crippen molar-refractivity contribution >= 4 is 21.6 Å². The molecule has 0 radical (unpaired) electrons. The number of hydrogen-bond acceptors (Lipinski definition) is 3. The average Bonchev–Trinajstić information content (AvgIpc) is 2.68. The van der Waals surface area contributed by atoms with Crippen molar-refractivity contribution in [3.8, 4) is 0 Å². The van der Waals surface area contributed by atoms with Crippen molar-refractivity contribution < 1.29 is 0 Å². The molecule has 2 heterocycles. The van der Waals surface area contributed by atoms with Gasteiger partial charge in [-0.15, -0.1) is 0 Å². The molecular weight excluding hydrogens is 204 g/mol. The molecule has 0 aliphatic carbocycles. The number of pyridine rings is 1. The largest absolute Gasteiger partial charge is 0.263 e. The van der Waals surface area contributed by atoms with Crippen molar-refractivity contribution in [1.29, 1.82) is 0 Å². The summed E-state index contributed by atoms with van der Waals surface area (Å²) >= 11 is 1.52. The van der Waals surface area contributed by atoms with Crippen LogP contribution < -0.4 is 0 Å². The average molecular weight is 224 g/mol. The highest BCUT2D eigenvalue weighted by molar-refractivity contribution is 7.13. The van der Waals surface area contributed by atoms with Crippen LogP contribution in [-0.2, 0) is 0 Å². The zero-order valence-corrected chi connectivity index (χ0v) is 11.3. The zero-order chi connectivity index (χ0) is 11.8. The molecule has 0 atom stereocenters. The third-order valence-corrected chi connectivity index (χ3v) is 2.61. The molecule has 0 N–H and O–H groups in total. The molecule has 0 aliphatic heterocycles. The lowest BCUT2D eigenvalue weighted by Gasteiger charge is -1.92. The summed E-state index contributed by atoms with van der Waals surface area (Å²) in [5, 5.41) is 1.27. The minimum absolute atomic E-state index is 1.12. The molecule has 2 nitrogen and oxygen atoms in total. The van der Waals surface area contributed by atoms with E-state index in [9.17, 15) is 0 Å². The van der Waals surface area contributed by atoms with Crippen LogP contribution in [-0.4, -0.2) is 9.36 Å². The molecule has 2 aromatic heterocycles. The molecule has 0 unspecified atom stereocenters. The lowest BCUT2D eigenvalue weighted by molar-refractivity contribution is 1.30. The number of hydrogen-bond donors (Lipinski definition) is 0. The second-order valence-electron chi connectivity index (χ2n) is 2.60. The number of aromatic nitrogens is 2. The molecule has 15 heavy (non-hydrogen) atoms. The first-order valence-electron chi connectivity index (χ1n) is 5.45. The van der Waals surface area contributed by atoms with E-state index in [2.05, 4.69) is 16.3 Å². The van der Waals surface area contributed by atoms with E-state index in [1.54, 1.807) is 0 Å². The quantitative estimate of drug-likeness (QED) is 0.664. The maximum atomic E-state index is 4.26. The fourth-order valence-electron chi connectivity index (χ4n) is 1.24. The minimum atomic E-state index is 1.12. The summed E-state index contributed by atoms with van der Waals surface area (Å²) in [6.45, 7) is 12.1. The van der Waals surface area contributed by atoms with E-state index in [1.807, 2.05) is 47.0 Å². The highest BCUT2D eigenvalue weighted by Crippen LogP contribution is 2.23. The maximum Gasteiger partial charge on any atom is 0.0738 e. The van der Waals surface area contributed by atoms with E-state index in [0.717, 1.165) is 5.69 Å². The van der Waals surface area contributed by atoms with Gasteiger partial charge < -0.3 is 0 Å². The zero-order valence-electron chi connectivity index (χ0n) is 10.5. The van der Waals surface area contributed by atoms with Gasteiger partial charge in [-0.3, -0.25) is 4.98 Å². The van der Waals surface area contributed by atoms with Gasteiger partial charge in [0.1, 0.15) is 0 Å². The number of aryl methyl sites for hydroxylation is 2. The summed E-state index contributed by atoms with van der Waals surface area (Å²) in [6, 6.07) is 0. The Hall–Kier alpha value is -0.960. The first kappa shape index (κ1) is 14.0. The monoisotopic (exact) mass is 224 g/mol. The molecule has 0 aromatic carbocycles. The summed E-state index contributed by atoms with van der Waals surface area (Å²) < 4.78 is 5.44. The number of nitrogens with zero attached hydrogens (tertiary/aromatic N) is 2. The van der Waals surface area contributed by atoms with Gasteiger partial charge in [0.25, 0.3) is 0 Å². The fourth-order valence-corrected chi connectivity index (χ4v) is 2.07. The van der Waals surface area contributed by atoms with E-state index in [-0.39, 0.29) is 0 Å². The van der Waals surface area contributed by atoms with E-state index in [0.29, 0.717) is 0 Å². The molecule has 0 saturated heterocycles. The maximum absolute atomic E-state index is 4.26. The predicted molar refractivity (Wildman–Crippen MR) is 69.6 cm³/mol. The standard InChI is InChI=1S/C8H8N2S.2C2H6/c1-5-3-9-4-7-8(5)6(2)10-11-7;2*1-2/h3-4H,1-2H3;2*1-2H3. The van der Waals surface area contributed by atoms with Gasteiger partial charge in [0.05, 0.1) is 10.4 Å². The number of fused-ring (bicyclic) bond motifs is 1. The van der Waals surface area contributed by atoms with E-state index < -0.39 is 0 Å². The molecule has 84 valence electrons. The third kappa shape index (κ3) is 3.27. The second-order valence-corrected chi connectivity index (χ2v) is 3.40. The van der Waals surface area contributed by atoms with Crippen LogP contribution in [0.5, 0.6) is 0 Å². The smallest absolute Gasteiger partial charge is 0.0738 e. The molecule has 2 aromatic rings. The van der Waals surface area contributed by atoms with Crippen LogP contribution in [0.3, 0.4) is 0 Å². The van der Waals surface area contributed by atoms with Crippen molar-refractivity contribution in [2.24, 2.45) is 0 Å². The van der Waals surface area contributed by atoms with Crippen LogP contribution in [0.25, 0.3) is 10.1 Å². The van der Waals surface area contributed by atoms with Crippen molar-refractivity contribution in [3.05, 3.63) is 23.7 Å². The Labute approximate surface area is 96.5 Å². The van der Waals surface area contributed by atoms with E-state index in [1.165, 1.54) is 27.2 Å². The van der Waals surface area contributed by atoms with Crippen molar-refractivity contribution in [2.75, 3.05) is 0 Å². The van der Waals surface area contributed by atoms with Gasteiger partial charge in [-0.25, -0.2) is 0 Å². The third-order valence-electron chi connectivity index (χ3n) is 1.74. The van der Waals surface area contributed by atoms with Gasteiger partial charge in [-0.05, 0) is 30.9 Å². The lowest BCUT2D eigenvalue weighted by atomic mass is 10.2. The van der Waals surface area contributed by atoms with Crippen LogP contribution in [0, 0.1) is 13.8 Å². The van der Waals surface area contributed by atoms with E-state index in [4.69, 9.17) is 0 Å². The van der Waals surface area contributed by atoms with Crippen LogP contribution in [0.15, 0.2) is 12.4 Å². The summed E-state index contributed by atoms with van der Waals surface area (Å²) in [4.78, 5) is 4.10. The molecule has 0 spiro atoms. The summed E-state index contributed by atoms with van der Waals surface area (Å²) in [6.07, 6.45) is 3.75. The highest BCUT2D eigenvalue weighted by atomic mass is 32.1. The molecule has 3 heteroatoms. The second kappa shape index (κ2) is 7.35. The van der Waals surface area contributed by atoms with Crippen LogP contribution in [0.2, 0.25) is 0 Å². The van der Waals surface area contributed by atoms with Crippen molar-refractivity contribution in [1.82, 2.24) is 9.36 Å². The first-order valence-corrected chi connectivity index (χ1v) is 6.23. The lowest BCUT2D eigenvalue weighted by Crippen LogP contribution is -1.78. The molecule has 0 bridgehead atoms. The molecule has 0 amide bonds. The molecule has 0 saturated carbocycles. The van der Waals surface area contributed by atoms with Crippen LogP contribution >= 0.6 is 11.5 Å². The SMILES string of the molecule is CC.CC.Cc1cncc2snc(C)c12. The topological polar surface area (TPSA) is 25.8 Å². The minimum Gasteiger partial charge on any atom is -0.263 e. The summed E-state index contributed by atoms with van der Waals surface area (Å²) in [5.41, 5.74) is 2.33. The van der Waals surface area contributed by atoms with Gasteiger partial charge in [0.2, 0.25) is 0 Å². The Balaban J connectivity index is 0.000000442. The van der Waals surface area contributed by atoms with Gasteiger partial charge >= 0.3 is 0 Å². The normalized spacial score (nSPS) is 8.67. The van der Waals surface area contributed by atoms with E-state index >= 15 is 0 Å². The van der Waals surface area contributed by atoms with Gasteiger partial charge in [0, 0.05) is 17.8 Å². The number of rotatable bonds is 0. The highest BCUT2D eigenvalue weighted by Gasteiger charge is 2.03. The Morgan fingerprint density at radius 2 is 1.60 bits per heavy atom. The van der Waals surface area contributed by atoms with Gasteiger partial charge in [-0.2, -0.15) is 4.37 Å². The first-order chi connectivity index (χ1) is 7.29. The van der Waals surface area contributed by atoms with Crippen LogP contribution in [0.1, 0.15) is 39.0 Å².